The Morgan fingerprint density at radius 1 is 1.50 bits per heavy atom. The molecule has 1 unspecified atom stereocenters. The highest BCUT2D eigenvalue weighted by atomic mass is 16.5. The lowest BCUT2D eigenvalue weighted by molar-refractivity contribution is -0.0802. The molecule has 4 nitrogen and oxygen atoms in total. The molecule has 0 amide bonds. The predicted octanol–water partition coefficient (Wildman–Crippen LogP) is -0.193. The number of hydrogen-bond donors (Lipinski definition) is 2. The van der Waals surface area contributed by atoms with E-state index in [0.717, 1.165) is 12.8 Å². The van der Waals surface area contributed by atoms with E-state index in [1.807, 2.05) is 7.05 Å². The number of rotatable bonds is 4. The monoisotopic (exact) mass is 202 g/mol. The fourth-order valence-corrected chi connectivity index (χ4v) is 1.71. The van der Waals surface area contributed by atoms with Gasteiger partial charge in [0.25, 0.3) is 0 Å². The van der Waals surface area contributed by atoms with Crippen molar-refractivity contribution in [3.63, 3.8) is 0 Å². The van der Waals surface area contributed by atoms with Gasteiger partial charge in [0.1, 0.15) is 0 Å². The van der Waals surface area contributed by atoms with Gasteiger partial charge in [-0.25, -0.2) is 0 Å². The Balaban J connectivity index is 2.40. The molecule has 84 valence electrons. The average Bonchev–Trinajstić information content (AvgIpc) is 2.17. The van der Waals surface area contributed by atoms with E-state index >= 15 is 0 Å². The van der Waals surface area contributed by atoms with Gasteiger partial charge in [0.2, 0.25) is 0 Å². The number of nitrogens with two attached hydrogens (primary N) is 1. The Kier molecular flexibility index (Phi) is 4.31. The van der Waals surface area contributed by atoms with Gasteiger partial charge >= 0.3 is 0 Å². The SMILES string of the molecule is CC(CN)N(C)CC1(O)CCOCC1. The molecule has 0 aromatic rings. The molecular formula is C10H22N2O2. The maximum absolute atomic E-state index is 10.2. The number of ether oxygens (including phenoxy) is 1. The van der Waals surface area contributed by atoms with E-state index in [0.29, 0.717) is 32.3 Å². The molecule has 0 radical (unpaired) electrons. The van der Waals surface area contributed by atoms with Gasteiger partial charge in [-0.2, -0.15) is 0 Å². The molecule has 4 heteroatoms. The number of nitrogens with zero attached hydrogens (tertiary/aromatic N) is 1. The van der Waals surface area contributed by atoms with Crippen LogP contribution in [0.2, 0.25) is 0 Å². The predicted molar refractivity (Wildman–Crippen MR) is 56.1 cm³/mol. The molecule has 1 saturated heterocycles. The van der Waals surface area contributed by atoms with Crippen molar-refractivity contribution >= 4 is 0 Å². The molecule has 1 atom stereocenters. The second-order valence-electron chi connectivity index (χ2n) is 4.34. The maximum atomic E-state index is 10.2. The topological polar surface area (TPSA) is 58.7 Å². The summed E-state index contributed by atoms with van der Waals surface area (Å²) in [5.41, 5.74) is 5.00. The van der Waals surface area contributed by atoms with Crippen LogP contribution in [0.25, 0.3) is 0 Å². The maximum Gasteiger partial charge on any atom is 0.0817 e. The second-order valence-corrected chi connectivity index (χ2v) is 4.34. The van der Waals surface area contributed by atoms with Crippen LogP contribution in [0.15, 0.2) is 0 Å². The van der Waals surface area contributed by atoms with Crippen LogP contribution >= 0.6 is 0 Å². The molecule has 1 rings (SSSR count). The quantitative estimate of drug-likeness (QED) is 0.663. The van der Waals surface area contributed by atoms with Gasteiger partial charge in [-0.1, -0.05) is 0 Å². The van der Waals surface area contributed by atoms with Crippen LogP contribution in [0.4, 0.5) is 0 Å². The number of hydrogen-bond acceptors (Lipinski definition) is 4. The molecule has 14 heavy (non-hydrogen) atoms. The van der Waals surface area contributed by atoms with Crippen molar-refractivity contribution < 1.29 is 9.84 Å². The van der Waals surface area contributed by atoms with Crippen molar-refractivity contribution in [2.75, 3.05) is 33.4 Å². The molecule has 3 N–H and O–H groups in total. The van der Waals surface area contributed by atoms with E-state index in [1.54, 1.807) is 0 Å². The first-order valence-corrected chi connectivity index (χ1v) is 5.28. The zero-order valence-corrected chi connectivity index (χ0v) is 9.20. The van der Waals surface area contributed by atoms with E-state index < -0.39 is 5.60 Å². The van der Waals surface area contributed by atoms with Gasteiger partial charge in [0, 0.05) is 45.2 Å². The molecule has 0 aromatic heterocycles. The summed E-state index contributed by atoms with van der Waals surface area (Å²) in [6.07, 6.45) is 1.46. The summed E-state index contributed by atoms with van der Waals surface area (Å²) in [6.45, 7) is 4.73. The molecule has 0 aromatic carbocycles. The van der Waals surface area contributed by atoms with E-state index in [-0.39, 0.29) is 0 Å². The zero-order chi connectivity index (χ0) is 10.6. The Labute approximate surface area is 86.0 Å². The number of aliphatic hydroxyl groups is 1. The van der Waals surface area contributed by atoms with Gasteiger partial charge in [-0.15, -0.1) is 0 Å². The van der Waals surface area contributed by atoms with Crippen molar-refractivity contribution in [1.29, 1.82) is 0 Å². The molecule has 0 saturated carbocycles. The molecule has 0 spiro atoms. The van der Waals surface area contributed by atoms with Crippen LogP contribution in [-0.4, -0.2) is 55.0 Å². The summed E-state index contributed by atoms with van der Waals surface area (Å²) < 4.78 is 5.23. The highest BCUT2D eigenvalue weighted by molar-refractivity contribution is 4.85. The Morgan fingerprint density at radius 2 is 2.07 bits per heavy atom. The molecule has 1 aliphatic rings. The molecule has 0 bridgehead atoms. The normalized spacial score (nSPS) is 23.8. The minimum absolute atomic E-state index is 0.321. The lowest BCUT2D eigenvalue weighted by Gasteiger charge is -2.37. The van der Waals surface area contributed by atoms with Crippen LogP contribution in [0.5, 0.6) is 0 Å². The van der Waals surface area contributed by atoms with Crippen LogP contribution in [0.1, 0.15) is 19.8 Å². The molecule has 1 fully saturated rings. The van der Waals surface area contributed by atoms with E-state index in [1.165, 1.54) is 0 Å². The minimum Gasteiger partial charge on any atom is -0.388 e. The molecule has 1 aliphatic heterocycles. The van der Waals surface area contributed by atoms with E-state index in [4.69, 9.17) is 10.5 Å². The van der Waals surface area contributed by atoms with E-state index in [9.17, 15) is 5.11 Å². The summed E-state index contributed by atoms with van der Waals surface area (Å²) >= 11 is 0. The smallest absolute Gasteiger partial charge is 0.0817 e. The first-order valence-electron chi connectivity index (χ1n) is 5.28. The average molecular weight is 202 g/mol. The Morgan fingerprint density at radius 3 is 2.57 bits per heavy atom. The third kappa shape index (κ3) is 3.20. The van der Waals surface area contributed by atoms with Crippen LogP contribution < -0.4 is 5.73 Å². The summed E-state index contributed by atoms with van der Waals surface area (Å²) in [6, 6.07) is 0.321. The Bertz CT molecular complexity index is 170. The third-order valence-corrected chi connectivity index (χ3v) is 3.06. The molecular weight excluding hydrogens is 180 g/mol. The van der Waals surface area contributed by atoms with Gasteiger partial charge in [-0.3, -0.25) is 4.90 Å². The minimum atomic E-state index is -0.573. The fourth-order valence-electron chi connectivity index (χ4n) is 1.71. The first-order chi connectivity index (χ1) is 6.57. The summed E-state index contributed by atoms with van der Waals surface area (Å²) in [4.78, 5) is 2.12. The molecule has 1 heterocycles. The van der Waals surface area contributed by atoms with Gasteiger partial charge in [0.05, 0.1) is 5.60 Å². The summed E-state index contributed by atoms with van der Waals surface area (Å²) in [5, 5.41) is 10.2. The largest absolute Gasteiger partial charge is 0.388 e. The second kappa shape index (κ2) is 5.07. The van der Waals surface area contributed by atoms with Crippen LogP contribution in [0.3, 0.4) is 0 Å². The lowest BCUT2D eigenvalue weighted by atomic mass is 9.93. The van der Waals surface area contributed by atoms with Gasteiger partial charge in [0.15, 0.2) is 0 Å². The summed E-state index contributed by atoms with van der Waals surface area (Å²) in [7, 11) is 2.00. The van der Waals surface area contributed by atoms with E-state index in [2.05, 4.69) is 11.8 Å². The van der Waals surface area contributed by atoms with Crippen molar-refractivity contribution in [3.05, 3.63) is 0 Å². The standard InChI is InChI=1S/C10H22N2O2/c1-9(7-11)12(2)8-10(13)3-5-14-6-4-10/h9,13H,3-8,11H2,1-2H3. The first kappa shape index (κ1) is 11.9. The highest BCUT2D eigenvalue weighted by Crippen LogP contribution is 2.21. The highest BCUT2D eigenvalue weighted by Gasteiger charge is 2.31. The lowest BCUT2D eigenvalue weighted by Crippen LogP contribution is -2.49. The third-order valence-electron chi connectivity index (χ3n) is 3.06. The van der Waals surface area contributed by atoms with Crippen LogP contribution in [-0.2, 0) is 4.74 Å². The van der Waals surface area contributed by atoms with Crippen LogP contribution in [0, 0.1) is 0 Å². The van der Waals surface area contributed by atoms with Crippen molar-refractivity contribution in [2.45, 2.75) is 31.4 Å². The Hall–Kier alpha value is -0.160. The number of likely N-dealkylation sites (N-methyl/N-ethyl adjacent to an activating group) is 1. The van der Waals surface area contributed by atoms with Gasteiger partial charge < -0.3 is 15.6 Å². The molecule has 0 aliphatic carbocycles. The van der Waals surface area contributed by atoms with Gasteiger partial charge in [-0.05, 0) is 14.0 Å². The van der Waals surface area contributed by atoms with Crippen molar-refractivity contribution in [3.8, 4) is 0 Å². The van der Waals surface area contributed by atoms with Crippen molar-refractivity contribution in [1.82, 2.24) is 4.90 Å². The summed E-state index contributed by atoms with van der Waals surface area (Å²) in [5.74, 6) is 0. The fraction of sp³-hybridized carbons (Fsp3) is 1.00. The van der Waals surface area contributed by atoms with Crippen molar-refractivity contribution in [2.24, 2.45) is 5.73 Å². The zero-order valence-electron chi connectivity index (χ0n) is 9.20.